The molecule has 0 saturated carbocycles. The van der Waals surface area contributed by atoms with E-state index in [0.717, 1.165) is 5.52 Å². The molecule has 1 aromatic carbocycles. The summed E-state index contributed by atoms with van der Waals surface area (Å²) in [5, 5.41) is 0. The second-order valence-corrected chi connectivity index (χ2v) is 5.11. The quantitative estimate of drug-likeness (QED) is 0.632. The Labute approximate surface area is 96.2 Å². The predicted octanol–water partition coefficient (Wildman–Crippen LogP) is 4.62. The molecule has 0 saturated heterocycles. The highest BCUT2D eigenvalue weighted by Gasteiger charge is 2.17. The summed E-state index contributed by atoms with van der Waals surface area (Å²) in [6.07, 6.45) is 0. The monoisotopic (exact) mass is 221 g/mol. The molecule has 1 nitrogen and oxygen atoms in total. The highest BCUT2D eigenvalue weighted by molar-refractivity contribution is 7.17. The number of aromatic nitrogens is 1. The van der Waals surface area contributed by atoms with Crippen molar-refractivity contribution >= 4 is 21.6 Å². The van der Waals surface area contributed by atoms with Gasteiger partial charge in [0.25, 0.3) is 0 Å². The summed E-state index contributed by atoms with van der Waals surface area (Å²) < 4.78 is 1.33. The van der Waals surface area contributed by atoms with E-state index in [1.54, 1.807) is 11.3 Å². The van der Waals surface area contributed by atoms with Crippen LogP contribution in [-0.2, 0) is 5.41 Å². The SMILES string of the molecule is CC.CC(C)(C)c1cccc2ncsc12. The minimum absolute atomic E-state index is 0.214. The zero-order valence-corrected chi connectivity index (χ0v) is 11.0. The molecule has 0 bridgehead atoms. The van der Waals surface area contributed by atoms with Gasteiger partial charge in [0, 0.05) is 0 Å². The first-order valence-corrected chi connectivity index (χ1v) is 6.30. The average Bonchev–Trinajstić information content (AvgIpc) is 2.66. The molecule has 2 aromatic rings. The van der Waals surface area contributed by atoms with Gasteiger partial charge in [-0.05, 0) is 17.0 Å². The first kappa shape index (κ1) is 12.2. The summed E-state index contributed by atoms with van der Waals surface area (Å²) in [6, 6.07) is 6.35. The third kappa shape index (κ3) is 2.57. The number of benzene rings is 1. The molecule has 0 atom stereocenters. The topological polar surface area (TPSA) is 12.9 Å². The van der Waals surface area contributed by atoms with Gasteiger partial charge in [-0.15, -0.1) is 11.3 Å². The van der Waals surface area contributed by atoms with Crippen molar-refractivity contribution in [3.63, 3.8) is 0 Å². The second kappa shape index (κ2) is 4.75. The molecule has 0 aliphatic heterocycles. The van der Waals surface area contributed by atoms with Crippen LogP contribution in [0.15, 0.2) is 23.7 Å². The Morgan fingerprint density at radius 3 is 2.40 bits per heavy atom. The first-order valence-electron chi connectivity index (χ1n) is 5.42. The minimum Gasteiger partial charge on any atom is -0.245 e. The van der Waals surface area contributed by atoms with Crippen LogP contribution in [0.3, 0.4) is 0 Å². The summed E-state index contributed by atoms with van der Waals surface area (Å²) in [7, 11) is 0. The van der Waals surface area contributed by atoms with E-state index in [1.165, 1.54) is 10.3 Å². The fraction of sp³-hybridized carbons (Fsp3) is 0.462. The van der Waals surface area contributed by atoms with E-state index in [0.29, 0.717) is 0 Å². The summed E-state index contributed by atoms with van der Waals surface area (Å²) >= 11 is 1.73. The molecule has 0 aliphatic carbocycles. The lowest BCUT2D eigenvalue weighted by Crippen LogP contribution is -2.10. The van der Waals surface area contributed by atoms with Crippen LogP contribution in [0.4, 0.5) is 0 Å². The number of hydrogen-bond acceptors (Lipinski definition) is 2. The summed E-state index contributed by atoms with van der Waals surface area (Å²) in [5.41, 5.74) is 4.65. The van der Waals surface area contributed by atoms with Crippen molar-refractivity contribution in [2.45, 2.75) is 40.0 Å². The zero-order chi connectivity index (χ0) is 11.5. The molecule has 2 rings (SSSR count). The van der Waals surface area contributed by atoms with Crippen LogP contribution >= 0.6 is 11.3 Å². The van der Waals surface area contributed by atoms with Crippen molar-refractivity contribution in [1.29, 1.82) is 0 Å². The lowest BCUT2D eigenvalue weighted by atomic mass is 9.87. The second-order valence-electron chi connectivity index (χ2n) is 4.26. The Morgan fingerprint density at radius 1 is 1.13 bits per heavy atom. The molecule has 1 heterocycles. The van der Waals surface area contributed by atoms with Crippen LogP contribution in [0.25, 0.3) is 10.2 Å². The van der Waals surface area contributed by atoms with Crippen LogP contribution in [0, 0.1) is 0 Å². The normalized spacial score (nSPS) is 11.0. The van der Waals surface area contributed by atoms with Crippen LogP contribution < -0.4 is 0 Å². The number of fused-ring (bicyclic) bond motifs is 1. The minimum atomic E-state index is 0.214. The van der Waals surface area contributed by atoms with E-state index < -0.39 is 0 Å². The van der Waals surface area contributed by atoms with Crippen molar-refractivity contribution in [1.82, 2.24) is 4.98 Å². The molecule has 15 heavy (non-hydrogen) atoms. The number of hydrogen-bond donors (Lipinski definition) is 0. The first-order chi connectivity index (χ1) is 7.09. The van der Waals surface area contributed by atoms with E-state index in [4.69, 9.17) is 0 Å². The number of thiazole rings is 1. The maximum atomic E-state index is 4.31. The maximum absolute atomic E-state index is 4.31. The lowest BCUT2D eigenvalue weighted by Gasteiger charge is -2.19. The largest absolute Gasteiger partial charge is 0.245 e. The molecular formula is C13H19NS. The van der Waals surface area contributed by atoms with Gasteiger partial charge in [0.05, 0.1) is 15.7 Å². The number of nitrogens with zero attached hydrogens (tertiary/aromatic N) is 1. The highest BCUT2D eigenvalue weighted by atomic mass is 32.1. The molecule has 1 aromatic heterocycles. The Kier molecular flexibility index (Phi) is 3.86. The van der Waals surface area contributed by atoms with Gasteiger partial charge in [-0.3, -0.25) is 0 Å². The standard InChI is InChI=1S/C11H13NS.C2H6/c1-11(2,3)8-5-4-6-9-10(8)13-7-12-9;1-2/h4-7H,1-3H3;1-2H3. The maximum Gasteiger partial charge on any atom is 0.0815 e. The molecular weight excluding hydrogens is 202 g/mol. The molecule has 0 aliphatic rings. The summed E-state index contributed by atoms with van der Waals surface area (Å²) in [4.78, 5) is 4.31. The third-order valence-electron chi connectivity index (χ3n) is 2.16. The molecule has 0 spiro atoms. The van der Waals surface area contributed by atoms with E-state index in [1.807, 2.05) is 19.4 Å². The molecule has 0 N–H and O–H groups in total. The van der Waals surface area contributed by atoms with Crippen molar-refractivity contribution in [2.75, 3.05) is 0 Å². The van der Waals surface area contributed by atoms with Crippen LogP contribution in [0.2, 0.25) is 0 Å². The fourth-order valence-corrected chi connectivity index (χ4v) is 2.49. The van der Waals surface area contributed by atoms with Gasteiger partial charge in [-0.2, -0.15) is 0 Å². The van der Waals surface area contributed by atoms with E-state index in [2.05, 4.69) is 44.0 Å². The Balaban J connectivity index is 0.000000531. The smallest absolute Gasteiger partial charge is 0.0815 e. The van der Waals surface area contributed by atoms with Crippen LogP contribution in [0.5, 0.6) is 0 Å². The molecule has 0 fully saturated rings. The Bertz CT molecular complexity index is 423. The molecule has 0 unspecified atom stereocenters. The molecule has 0 amide bonds. The van der Waals surface area contributed by atoms with E-state index in [9.17, 15) is 0 Å². The van der Waals surface area contributed by atoms with E-state index in [-0.39, 0.29) is 5.41 Å². The van der Waals surface area contributed by atoms with Gasteiger partial charge >= 0.3 is 0 Å². The van der Waals surface area contributed by atoms with Crippen molar-refractivity contribution in [3.8, 4) is 0 Å². The van der Waals surface area contributed by atoms with Crippen molar-refractivity contribution in [2.24, 2.45) is 0 Å². The van der Waals surface area contributed by atoms with Gasteiger partial charge in [-0.25, -0.2) is 4.98 Å². The Hall–Kier alpha value is -0.890. The van der Waals surface area contributed by atoms with Gasteiger partial charge < -0.3 is 0 Å². The third-order valence-corrected chi connectivity index (χ3v) is 3.04. The van der Waals surface area contributed by atoms with E-state index >= 15 is 0 Å². The molecule has 0 radical (unpaired) electrons. The Morgan fingerprint density at radius 2 is 1.80 bits per heavy atom. The predicted molar refractivity (Wildman–Crippen MR) is 69.7 cm³/mol. The van der Waals surface area contributed by atoms with Gasteiger partial charge in [0.15, 0.2) is 0 Å². The van der Waals surface area contributed by atoms with Gasteiger partial charge in [0.1, 0.15) is 0 Å². The van der Waals surface area contributed by atoms with Crippen LogP contribution in [-0.4, -0.2) is 4.98 Å². The van der Waals surface area contributed by atoms with Crippen molar-refractivity contribution < 1.29 is 0 Å². The van der Waals surface area contributed by atoms with Gasteiger partial charge in [0.2, 0.25) is 0 Å². The summed E-state index contributed by atoms with van der Waals surface area (Å²) in [6.45, 7) is 10.7. The molecule has 2 heteroatoms. The van der Waals surface area contributed by atoms with Crippen molar-refractivity contribution in [3.05, 3.63) is 29.3 Å². The zero-order valence-electron chi connectivity index (χ0n) is 10.2. The summed E-state index contributed by atoms with van der Waals surface area (Å²) in [5.74, 6) is 0. The average molecular weight is 221 g/mol. The number of rotatable bonds is 0. The van der Waals surface area contributed by atoms with Crippen LogP contribution in [0.1, 0.15) is 40.2 Å². The molecule has 82 valence electrons. The lowest BCUT2D eigenvalue weighted by molar-refractivity contribution is 0.596. The van der Waals surface area contributed by atoms with Gasteiger partial charge in [-0.1, -0.05) is 46.8 Å². The highest BCUT2D eigenvalue weighted by Crippen LogP contribution is 2.31. The fourth-order valence-electron chi connectivity index (χ4n) is 1.48.